The van der Waals surface area contributed by atoms with Gasteiger partial charge in [0.15, 0.2) is 0 Å². The predicted molar refractivity (Wildman–Crippen MR) is 241 cm³/mol. The summed E-state index contributed by atoms with van der Waals surface area (Å²) in [5, 5.41) is 4.95. The van der Waals surface area contributed by atoms with Gasteiger partial charge in [0.25, 0.3) is 0 Å². The number of hydrogen-bond acceptors (Lipinski definition) is 3. The summed E-state index contributed by atoms with van der Waals surface area (Å²) in [6, 6.07) is 39.3. The van der Waals surface area contributed by atoms with Crippen LogP contribution in [-0.2, 0) is 12.8 Å². The smallest absolute Gasteiger partial charge is 0.0938 e. The molecule has 1 aliphatic heterocycles. The van der Waals surface area contributed by atoms with Crippen LogP contribution >= 0.6 is 0 Å². The SMILES string of the molecule is C1=CCC=C(n2c3c(ccc4c3c3c(n4-c4cccc(-c5ccccn5)c4)CCC=C3)c3ccc4c(c5c(n4-c4cccc(-c6ccccn6)c4)CCC=N5)c32)C=C1. The summed E-state index contributed by atoms with van der Waals surface area (Å²) in [5.41, 5.74) is 17.4. The van der Waals surface area contributed by atoms with Gasteiger partial charge in [-0.05, 0) is 98.8 Å². The van der Waals surface area contributed by atoms with Gasteiger partial charge in [-0.25, -0.2) is 0 Å². The number of allylic oxidation sites excluding steroid dienone is 7. The number of nitrogens with zero attached hydrogens (tertiary/aromatic N) is 6. The van der Waals surface area contributed by atoms with Crippen LogP contribution in [0.3, 0.4) is 0 Å². The molecule has 0 amide bonds. The molecule has 4 aromatic carbocycles. The van der Waals surface area contributed by atoms with Crippen LogP contribution in [0.25, 0.3) is 89.3 Å². The summed E-state index contributed by atoms with van der Waals surface area (Å²) in [6.07, 6.45) is 26.4. The minimum absolute atomic E-state index is 0.854. The molecule has 6 heterocycles. The zero-order chi connectivity index (χ0) is 38.2. The molecule has 0 saturated carbocycles. The largest absolute Gasteiger partial charge is 0.313 e. The summed E-state index contributed by atoms with van der Waals surface area (Å²) in [7, 11) is 0. The molecule has 3 aliphatic rings. The fraction of sp³-hybridized carbons (Fsp3) is 0.0962. The van der Waals surface area contributed by atoms with Crippen molar-refractivity contribution < 1.29 is 0 Å². The standard InChI is InChI=1S/C52H38N6/c1-2-4-17-36(16-3-1)58-51-39(25-27-45-48(51)41-20-5-6-23-44(41)56(45)37-18-11-14-34(32-37)42-21-7-9-29-53-42)40-26-28-46-49(52(40)58)50-47(24-13-31-55-50)57(46)38-19-12-15-35(33-38)43-22-8-10-30-54-43/h1-3,5,7-12,14-22,25-33H,4,6,13,23-24H2. The number of pyridine rings is 2. The van der Waals surface area contributed by atoms with Crippen LogP contribution < -0.4 is 0 Å². The molecule has 9 aromatic rings. The summed E-state index contributed by atoms with van der Waals surface area (Å²) < 4.78 is 7.53. The zero-order valence-electron chi connectivity index (χ0n) is 31.9. The Morgan fingerprint density at radius 2 is 1.21 bits per heavy atom. The highest BCUT2D eigenvalue weighted by Crippen LogP contribution is 2.49. The zero-order valence-corrected chi connectivity index (χ0v) is 31.9. The Morgan fingerprint density at radius 1 is 0.534 bits per heavy atom. The highest BCUT2D eigenvalue weighted by molar-refractivity contribution is 6.27. The van der Waals surface area contributed by atoms with Crippen LogP contribution in [0.15, 0.2) is 163 Å². The Morgan fingerprint density at radius 3 is 1.91 bits per heavy atom. The van der Waals surface area contributed by atoms with Crippen LogP contribution in [0, 0.1) is 0 Å². The first-order valence-electron chi connectivity index (χ1n) is 20.3. The first-order valence-corrected chi connectivity index (χ1v) is 20.3. The van der Waals surface area contributed by atoms with Crippen LogP contribution in [0.1, 0.15) is 36.2 Å². The maximum atomic E-state index is 5.24. The van der Waals surface area contributed by atoms with Crippen molar-refractivity contribution in [2.75, 3.05) is 0 Å². The van der Waals surface area contributed by atoms with E-state index in [-0.39, 0.29) is 0 Å². The molecule has 2 aliphatic carbocycles. The Bertz CT molecular complexity index is 3090. The highest BCUT2D eigenvalue weighted by atomic mass is 15.1. The third-order valence-electron chi connectivity index (χ3n) is 12.1. The van der Waals surface area contributed by atoms with Gasteiger partial charge in [-0.2, -0.15) is 0 Å². The maximum absolute atomic E-state index is 5.24. The van der Waals surface area contributed by atoms with Gasteiger partial charge in [0.2, 0.25) is 0 Å². The minimum atomic E-state index is 0.854. The number of aromatic nitrogens is 5. The summed E-state index contributed by atoms with van der Waals surface area (Å²) in [5.74, 6) is 0. The van der Waals surface area contributed by atoms with E-state index in [1.807, 2.05) is 24.5 Å². The Labute approximate surface area is 335 Å². The number of fused-ring (bicyclic) bond motifs is 11. The van der Waals surface area contributed by atoms with E-state index in [1.165, 1.54) is 60.7 Å². The third kappa shape index (κ3) is 4.94. The average molecular weight is 747 g/mol. The molecule has 0 bridgehead atoms. The van der Waals surface area contributed by atoms with E-state index < -0.39 is 0 Å². The molecule has 6 heteroatoms. The van der Waals surface area contributed by atoms with Crippen molar-refractivity contribution in [3.63, 3.8) is 0 Å². The molecular weight excluding hydrogens is 709 g/mol. The van der Waals surface area contributed by atoms with Crippen molar-refractivity contribution in [1.29, 1.82) is 0 Å². The molecular formula is C52H38N6. The second kappa shape index (κ2) is 13.1. The lowest BCUT2D eigenvalue weighted by atomic mass is 10.0. The molecule has 0 saturated heterocycles. The lowest BCUT2D eigenvalue weighted by Gasteiger charge is -2.14. The van der Waals surface area contributed by atoms with Crippen LogP contribution in [0.4, 0.5) is 5.69 Å². The Hall–Kier alpha value is -7.31. The lowest BCUT2D eigenvalue weighted by Crippen LogP contribution is -2.03. The fourth-order valence-electron chi connectivity index (χ4n) is 9.68. The maximum Gasteiger partial charge on any atom is 0.0938 e. The quantitative estimate of drug-likeness (QED) is 0.176. The lowest BCUT2D eigenvalue weighted by molar-refractivity contribution is 0.888. The van der Waals surface area contributed by atoms with E-state index >= 15 is 0 Å². The first-order chi connectivity index (χ1) is 28.8. The topological polar surface area (TPSA) is 52.9 Å². The van der Waals surface area contributed by atoms with E-state index in [1.54, 1.807) is 0 Å². The molecule has 0 spiro atoms. The van der Waals surface area contributed by atoms with Gasteiger partial charge in [-0.15, -0.1) is 0 Å². The van der Waals surface area contributed by atoms with Gasteiger partial charge in [0.05, 0.1) is 50.2 Å². The van der Waals surface area contributed by atoms with Gasteiger partial charge in [-0.3, -0.25) is 15.0 Å². The van der Waals surface area contributed by atoms with Crippen molar-refractivity contribution >= 4 is 67.3 Å². The average Bonchev–Trinajstić information content (AvgIpc) is 3.83. The molecule has 0 atom stereocenters. The van der Waals surface area contributed by atoms with Crippen molar-refractivity contribution in [2.24, 2.45) is 4.99 Å². The van der Waals surface area contributed by atoms with Crippen molar-refractivity contribution in [3.05, 3.63) is 175 Å². The predicted octanol–water partition coefficient (Wildman–Crippen LogP) is 12.8. The van der Waals surface area contributed by atoms with E-state index in [2.05, 4.69) is 164 Å². The van der Waals surface area contributed by atoms with E-state index in [0.29, 0.717) is 0 Å². The number of benzene rings is 4. The Kier molecular flexibility index (Phi) is 7.45. The molecule has 58 heavy (non-hydrogen) atoms. The number of rotatable bonds is 5. The van der Waals surface area contributed by atoms with Gasteiger partial charge < -0.3 is 13.7 Å². The van der Waals surface area contributed by atoms with Crippen LogP contribution in [0.2, 0.25) is 0 Å². The number of hydrogen-bond donors (Lipinski definition) is 0. The normalized spacial score (nSPS) is 14.7. The molecule has 0 fully saturated rings. The van der Waals surface area contributed by atoms with Crippen molar-refractivity contribution in [2.45, 2.75) is 32.1 Å². The summed E-state index contributed by atoms with van der Waals surface area (Å²) in [6.45, 7) is 0. The fourth-order valence-corrected chi connectivity index (χ4v) is 9.68. The molecule has 0 radical (unpaired) electrons. The van der Waals surface area contributed by atoms with Crippen LogP contribution in [-0.4, -0.2) is 29.9 Å². The Balaban J connectivity index is 1.20. The summed E-state index contributed by atoms with van der Waals surface area (Å²) in [4.78, 5) is 14.6. The van der Waals surface area contributed by atoms with Gasteiger partial charge in [-0.1, -0.05) is 85.0 Å². The highest BCUT2D eigenvalue weighted by Gasteiger charge is 2.29. The monoisotopic (exact) mass is 746 g/mol. The van der Waals surface area contributed by atoms with Gasteiger partial charge in [0, 0.05) is 74.2 Å². The van der Waals surface area contributed by atoms with Crippen LogP contribution in [0.5, 0.6) is 0 Å². The molecule has 5 aromatic heterocycles. The molecule has 0 N–H and O–H groups in total. The second-order valence-corrected chi connectivity index (χ2v) is 15.3. The van der Waals surface area contributed by atoms with E-state index in [4.69, 9.17) is 9.98 Å². The number of aliphatic imine (C=N–C) groups is 1. The van der Waals surface area contributed by atoms with Crippen molar-refractivity contribution in [3.8, 4) is 33.9 Å². The van der Waals surface area contributed by atoms with E-state index in [0.717, 1.165) is 77.2 Å². The van der Waals surface area contributed by atoms with Crippen molar-refractivity contribution in [1.82, 2.24) is 23.7 Å². The third-order valence-corrected chi connectivity index (χ3v) is 12.1. The minimum Gasteiger partial charge on any atom is -0.313 e. The molecule has 6 nitrogen and oxygen atoms in total. The summed E-state index contributed by atoms with van der Waals surface area (Å²) >= 11 is 0. The first kappa shape index (κ1) is 32.9. The molecule has 0 unspecified atom stereocenters. The second-order valence-electron chi connectivity index (χ2n) is 15.3. The molecule has 276 valence electrons. The van der Waals surface area contributed by atoms with Gasteiger partial charge in [0.1, 0.15) is 0 Å². The van der Waals surface area contributed by atoms with Gasteiger partial charge >= 0.3 is 0 Å². The molecule has 12 rings (SSSR count). The van der Waals surface area contributed by atoms with E-state index in [9.17, 15) is 0 Å².